The summed E-state index contributed by atoms with van der Waals surface area (Å²) in [4.78, 5) is 17.2. The van der Waals surface area contributed by atoms with Crippen LogP contribution in [0.3, 0.4) is 0 Å². The van der Waals surface area contributed by atoms with Crippen molar-refractivity contribution < 1.29 is 9.53 Å². The second-order valence-electron chi connectivity index (χ2n) is 5.49. The fourth-order valence-corrected chi connectivity index (χ4v) is 3.09. The molecule has 132 valence electrons. The van der Waals surface area contributed by atoms with Crippen molar-refractivity contribution in [2.24, 2.45) is 4.99 Å². The molecular formula is C19H18N4O2S. The number of nitrogens with one attached hydrogen (secondary N) is 2. The van der Waals surface area contributed by atoms with E-state index in [0.717, 1.165) is 10.6 Å². The molecule has 0 saturated carbocycles. The van der Waals surface area contributed by atoms with Gasteiger partial charge in [-0.05, 0) is 49.4 Å². The van der Waals surface area contributed by atoms with Crippen molar-refractivity contribution in [3.63, 3.8) is 0 Å². The molecule has 0 aliphatic rings. The number of carbonyl (C=O) groups excluding carboxylic acids is 1. The number of ether oxygens (including phenoxy) is 1. The number of benzene rings is 2. The molecule has 3 aromatic rings. The summed E-state index contributed by atoms with van der Waals surface area (Å²) in [7, 11) is 1.35. The number of aromatic nitrogens is 1. The van der Waals surface area contributed by atoms with Crippen molar-refractivity contribution >= 4 is 34.8 Å². The summed E-state index contributed by atoms with van der Waals surface area (Å²) < 4.78 is 6.43. The van der Waals surface area contributed by atoms with Crippen molar-refractivity contribution in [3.05, 3.63) is 76.6 Å². The third-order valence-corrected chi connectivity index (χ3v) is 4.50. The van der Waals surface area contributed by atoms with E-state index in [0.29, 0.717) is 22.7 Å². The zero-order valence-electron chi connectivity index (χ0n) is 14.4. The first kappa shape index (κ1) is 17.6. The van der Waals surface area contributed by atoms with Gasteiger partial charge in [0.25, 0.3) is 0 Å². The summed E-state index contributed by atoms with van der Waals surface area (Å²) in [6.07, 6.45) is 0. The summed E-state index contributed by atoms with van der Waals surface area (Å²) >= 11 is 1.43. The predicted octanol–water partition coefficient (Wildman–Crippen LogP) is 3.77. The summed E-state index contributed by atoms with van der Waals surface area (Å²) in [5.74, 6) is 0.130. The van der Waals surface area contributed by atoms with Gasteiger partial charge in [0.05, 0.1) is 18.4 Å². The Labute approximate surface area is 155 Å². The van der Waals surface area contributed by atoms with Gasteiger partial charge in [-0.15, -0.1) is 0 Å². The lowest BCUT2D eigenvalue weighted by Crippen LogP contribution is -2.28. The zero-order valence-corrected chi connectivity index (χ0v) is 15.2. The smallest absolute Gasteiger partial charge is 0.337 e. The number of anilines is 1. The Balaban J connectivity index is 1.99. The minimum atomic E-state index is -0.389. The molecule has 7 heteroatoms. The van der Waals surface area contributed by atoms with E-state index in [1.165, 1.54) is 18.6 Å². The average molecular weight is 366 g/mol. The van der Waals surface area contributed by atoms with Gasteiger partial charge in [-0.3, -0.25) is 5.41 Å². The first-order chi connectivity index (χ1) is 12.6. The minimum Gasteiger partial charge on any atom is -0.465 e. The largest absolute Gasteiger partial charge is 0.465 e. The third-order valence-electron chi connectivity index (χ3n) is 3.54. The van der Waals surface area contributed by atoms with Crippen molar-refractivity contribution in [3.8, 4) is 0 Å². The number of methoxy groups -OCH3 is 1. The number of hydrogen-bond acceptors (Lipinski definition) is 5. The highest BCUT2D eigenvalue weighted by Crippen LogP contribution is 2.16. The van der Waals surface area contributed by atoms with Crippen LogP contribution in [0.2, 0.25) is 0 Å². The van der Waals surface area contributed by atoms with Gasteiger partial charge in [-0.25, -0.2) is 13.7 Å². The number of para-hydroxylation sites is 1. The van der Waals surface area contributed by atoms with Crippen molar-refractivity contribution in [2.45, 2.75) is 6.92 Å². The number of nitrogens with zero attached hydrogens (tertiary/aromatic N) is 2. The standard InChI is InChI=1S/C19H18N4O2S/c1-13-12-17(20)23(26-13)19(21-15-6-4-3-5-7-15)22-16-10-8-14(9-11-16)18(24)25-2/h3-12,20H,1-2H3,(H,21,22). The number of hydrogen-bond donors (Lipinski definition) is 2. The fourth-order valence-electron chi connectivity index (χ4n) is 2.31. The molecule has 0 spiro atoms. The number of aryl methyl sites for hydroxylation is 1. The molecule has 2 aromatic carbocycles. The molecule has 6 nitrogen and oxygen atoms in total. The van der Waals surface area contributed by atoms with E-state index in [9.17, 15) is 4.79 Å². The Morgan fingerprint density at radius 1 is 1.15 bits per heavy atom. The SMILES string of the molecule is COC(=O)c1ccc(N=C(Nc2ccccc2)n2sc(C)cc2=N)cc1. The monoisotopic (exact) mass is 366 g/mol. The van der Waals surface area contributed by atoms with Crippen LogP contribution >= 0.6 is 11.5 Å². The molecule has 0 aliphatic heterocycles. The Morgan fingerprint density at radius 2 is 1.85 bits per heavy atom. The molecule has 3 rings (SSSR count). The lowest BCUT2D eigenvalue weighted by molar-refractivity contribution is 0.0601. The Morgan fingerprint density at radius 3 is 2.42 bits per heavy atom. The summed E-state index contributed by atoms with van der Waals surface area (Å²) in [5, 5.41) is 11.4. The summed E-state index contributed by atoms with van der Waals surface area (Å²) in [6, 6.07) is 18.2. The Kier molecular flexibility index (Phi) is 5.28. The maximum absolute atomic E-state index is 11.6. The molecule has 0 atom stereocenters. The molecule has 2 N–H and O–H groups in total. The molecule has 0 unspecified atom stereocenters. The zero-order chi connectivity index (χ0) is 18.5. The highest BCUT2D eigenvalue weighted by atomic mass is 32.1. The van der Waals surface area contributed by atoms with Gasteiger partial charge in [0.1, 0.15) is 5.49 Å². The normalized spacial score (nSPS) is 11.2. The van der Waals surface area contributed by atoms with Crippen LogP contribution in [0.1, 0.15) is 15.2 Å². The van der Waals surface area contributed by atoms with Crippen molar-refractivity contribution in [1.82, 2.24) is 3.96 Å². The minimum absolute atomic E-state index is 0.348. The number of aliphatic imine (C=N–C) groups is 1. The molecule has 0 bridgehead atoms. The van der Waals surface area contributed by atoms with Crippen LogP contribution in [0.5, 0.6) is 0 Å². The second-order valence-corrected chi connectivity index (χ2v) is 6.68. The summed E-state index contributed by atoms with van der Waals surface area (Å²) in [5.41, 5.74) is 2.34. The van der Waals surface area contributed by atoms with Crippen LogP contribution in [-0.2, 0) is 4.74 Å². The predicted molar refractivity (Wildman–Crippen MR) is 103 cm³/mol. The quantitative estimate of drug-likeness (QED) is 0.421. The first-order valence-corrected chi connectivity index (χ1v) is 8.68. The highest BCUT2D eigenvalue weighted by molar-refractivity contribution is 7.07. The Hall–Kier alpha value is -3.19. The van der Waals surface area contributed by atoms with Crippen molar-refractivity contribution in [2.75, 3.05) is 12.4 Å². The molecule has 0 aliphatic carbocycles. The molecule has 26 heavy (non-hydrogen) atoms. The van der Waals surface area contributed by atoms with Gasteiger partial charge >= 0.3 is 5.97 Å². The maximum atomic E-state index is 11.6. The van der Waals surface area contributed by atoms with E-state index in [2.05, 4.69) is 10.3 Å². The summed E-state index contributed by atoms with van der Waals surface area (Å²) in [6.45, 7) is 1.95. The van der Waals surface area contributed by atoms with Crippen LogP contribution < -0.4 is 10.8 Å². The molecular weight excluding hydrogens is 348 g/mol. The van der Waals surface area contributed by atoms with Gasteiger partial charge in [0.2, 0.25) is 5.96 Å². The van der Waals surface area contributed by atoms with E-state index in [1.54, 1.807) is 34.3 Å². The number of esters is 1. The lowest BCUT2D eigenvalue weighted by atomic mass is 10.2. The molecule has 1 aromatic heterocycles. The van der Waals surface area contributed by atoms with Gasteiger partial charge in [0.15, 0.2) is 0 Å². The van der Waals surface area contributed by atoms with Crippen molar-refractivity contribution in [1.29, 1.82) is 5.41 Å². The van der Waals surface area contributed by atoms with E-state index in [-0.39, 0.29) is 5.97 Å². The van der Waals surface area contributed by atoms with Gasteiger partial charge < -0.3 is 10.1 Å². The van der Waals surface area contributed by atoms with E-state index in [1.807, 2.05) is 37.3 Å². The average Bonchev–Trinajstić information content (AvgIpc) is 3.00. The molecule has 0 amide bonds. The van der Waals surface area contributed by atoms with Crippen LogP contribution in [0, 0.1) is 12.3 Å². The van der Waals surface area contributed by atoms with E-state index >= 15 is 0 Å². The van der Waals surface area contributed by atoms with Gasteiger partial charge in [-0.1, -0.05) is 29.7 Å². The van der Waals surface area contributed by atoms with E-state index < -0.39 is 0 Å². The van der Waals surface area contributed by atoms with E-state index in [4.69, 9.17) is 10.1 Å². The Bertz CT molecular complexity index is 988. The molecule has 1 heterocycles. The van der Waals surface area contributed by atoms with Crippen LogP contribution in [0.4, 0.5) is 11.4 Å². The number of rotatable bonds is 3. The molecule has 0 fully saturated rings. The fraction of sp³-hybridized carbons (Fsp3) is 0.105. The topological polar surface area (TPSA) is 79.5 Å². The number of carbonyl (C=O) groups is 1. The molecule has 0 radical (unpaired) electrons. The highest BCUT2D eigenvalue weighted by Gasteiger charge is 2.09. The van der Waals surface area contributed by atoms with Gasteiger partial charge in [0, 0.05) is 10.6 Å². The second kappa shape index (κ2) is 7.79. The first-order valence-electron chi connectivity index (χ1n) is 7.91. The van der Waals surface area contributed by atoms with Crippen LogP contribution in [-0.4, -0.2) is 23.0 Å². The molecule has 0 saturated heterocycles. The van der Waals surface area contributed by atoms with Gasteiger partial charge in [-0.2, -0.15) is 0 Å². The maximum Gasteiger partial charge on any atom is 0.337 e. The lowest BCUT2D eigenvalue weighted by Gasteiger charge is -2.10. The van der Waals surface area contributed by atoms with Crippen LogP contribution in [0.25, 0.3) is 0 Å². The van der Waals surface area contributed by atoms with Crippen LogP contribution in [0.15, 0.2) is 65.7 Å². The third kappa shape index (κ3) is 4.07.